The number of amides is 2. The van der Waals surface area contributed by atoms with Crippen molar-refractivity contribution in [2.45, 2.75) is 38.7 Å². The minimum absolute atomic E-state index is 0.0768. The zero-order chi connectivity index (χ0) is 16.4. The Bertz CT molecular complexity index is 622. The van der Waals surface area contributed by atoms with E-state index in [1.165, 1.54) is 0 Å². The molecular formula is C17H21ClN2O3. The molecule has 0 radical (unpaired) electrons. The Labute approximate surface area is 140 Å². The van der Waals surface area contributed by atoms with Crippen LogP contribution < -0.4 is 10.6 Å². The van der Waals surface area contributed by atoms with E-state index in [1.807, 2.05) is 6.92 Å². The Hall–Kier alpha value is -1.59. The molecule has 1 atom stereocenters. The van der Waals surface area contributed by atoms with E-state index in [-0.39, 0.29) is 17.9 Å². The molecule has 1 aliphatic heterocycles. The van der Waals surface area contributed by atoms with Crippen LogP contribution in [-0.2, 0) is 14.3 Å². The van der Waals surface area contributed by atoms with Gasteiger partial charge in [-0.2, -0.15) is 0 Å². The Kier molecular flexibility index (Phi) is 4.60. The molecule has 1 aromatic carbocycles. The molecule has 23 heavy (non-hydrogen) atoms. The van der Waals surface area contributed by atoms with Gasteiger partial charge in [0, 0.05) is 23.9 Å². The van der Waals surface area contributed by atoms with E-state index in [1.54, 1.807) is 18.2 Å². The number of carbonyl (C=O) groups is 2. The summed E-state index contributed by atoms with van der Waals surface area (Å²) in [6.07, 6.45) is 3.22. The largest absolute Gasteiger partial charge is 0.376 e. The summed E-state index contributed by atoms with van der Waals surface area (Å²) in [5, 5.41) is 6.31. The molecule has 0 bridgehead atoms. The van der Waals surface area contributed by atoms with Gasteiger partial charge >= 0.3 is 0 Å². The Balaban J connectivity index is 1.61. The highest BCUT2D eigenvalue weighted by Gasteiger charge is 2.56. The van der Waals surface area contributed by atoms with E-state index in [2.05, 4.69) is 10.6 Å². The van der Waals surface area contributed by atoms with Gasteiger partial charge in [-0.3, -0.25) is 9.59 Å². The predicted octanol–water partition coefficient (Wildman–Crippen LogP) is 2.66. The van der Waals surface area contributed by atoms with Crippen LogP contribution in [0.15, 0.2) is 18.2 Å². The van der Waals surface area contributed by atoms with Crippen molar-refractivity contribution in [3.63, 3.8) is 0 Å². The normalized spacial score (nSPS) is 21.7. The maximum absolute atomic E-state index is 12.6. The predicted molar refractivity (Wildman–Crippen MR) is 88.5 cm³/mol. The first-order valence-electron chi connectivity index (χ1n) is 7.99. The van der Waals surface area contributed by atoms with E-state index < -0.39 is 5.41 Å². The lowest BCUT2D eigenvalue weighted by atomic mass is 10.0. The molecular weight excluding hydrogens is 316 g/mol. The molecule has 2 N–H and O–H groups in total. The maximum Gasteiger partial charge on any atom is 0.240 e. The third-order valence-electron chi connectivity index (χ3n) is 4.65. The fourth-order valence-corrected chi connectivity index (χ4v) is 3.02. The Morgan fingerprint density at radius 3 is 2.78 bits per heavy atom. The first-order valence-corrected chi connectivity index (χ1v) is 8.37. The van der Waals surface area contributed by atoms with Crippen LogP contribution >= 0.6 is 11.6 Å². The lowest BCUT2D eigenvalue weighted by molar-refractivity contribution is -0.134. The molecule has 2 amide bonds. The third kappa shape index (κ3) is 3.35. The van der Waals surface area contributed by atoms with Crippen LogP contribution in [0.3, 0.4) is 0 Å². The van der Waals surface area contributed by atoms with Crippen molar-refractivity contribution in [1.82, 2.24) is 5.32 Å². The number of anilines is 1. The fraction of sp³-hybridized carbons (Fsp3) is 0.529. The molecule has 3 rings (SSSR count). The molecule has 6 heteroatoms. The fourth-order valence-electron chi connectivity index (χ4n) is 2.85. The molecule has 124 valence electrons. The number of halogens is 1. The number of hydrogen-bond acceptors (Lipinski definition) is 3. The zero-order valence-corrected chi connectivity index (χ0v) is 13.9. The van der Waals surface area contributed by atoms with Gasteiger partial charge in [-0.25, -0.2) is 0 Å². The molecule has 1 saturated heterocycles. The molecule has 0 aromatic heterocycles. The van der Waals surface area contributed by atoms with E-state index in [0.717, 1.165) is 25.0 Å². The summed E-state index contributed by atoms with van der Waals surface area (Å²) in [4.78, 5) is 25.0. The van der Waals surface area contributed by atoms with Crippen LogP contribution in [0.4, 0.5) is 5.69 Å². The molecule has 1 unspecified atom stereocenters. The van der Waals surface area contributed by atoms with E-state index in [0.29, 0.717) is 30.1 Å². The summed E-state index contributed by atoms with van der Waals surface area (Å²) in [7, 11) is 0. The summed E-state index contributed by atoms with van der Waals surface area (Å²) in [6, 6.07) is 5.34. The molecule has 0 spiro atoms. The van der Waals surface area contributed by atoms with Gasteiger partial charge in [-0.1, -0.05) is 17.7 Å². The number of ether oxygens (including phenoxy) is 1. The zero-order valence-electron chi connectivity index (χ0n) is 13.2. The molecule has 1 saturated carbocycles. The summed E-state index contributed by atoms with van der Waals surface area (Å²) in [5.74, 6) is -0.460. The second-order valence-corrected chi connectivity index (χ2v) is 6.70. The second kappa shape index (κ2) is 6.49. The quantitative estimate of drug-likeness (QED) is 0.812. The molecule has 2 fully saturated rings. The van der Waals surface area contributed by atoms with Crippen LogP contribution in [0.1, 0.15) is 31.2 Å². The highest BCUT2D eigenvalue weighted by atomic mass is 35.5. The van der Waals surface area contributed by atoms with Crippen molar-refractivity contribution in [3.8, 4) is 0 Å². The van der Waals surface area contributed by atoms with Crippen molar-refractivity contribution in [2.24, 2.45) is 5.41 Å². The number of rotatable bonds is 5. The van der Waals surface area contributed by atoms with Gasteiger partial charge in [0.15, 0.2) is 0 Å². The molecule has 5 nitrogen and oxygen atoms in total. The standard InChI is InChI=1S/C17H21ClN2O3/c1-11-13(18)5-2-6-14(11)20-16(22)17(7-8-17)15(21)19-10-12-4-3-9-23-12/h2,5-6,12H,3-4,7-10H2,1H3,(H,19,21)(H,20,22). The van der Waals surface area contributed by atoms with Gasteiger partial charge in [0.05, 0.1) is 6.10 Å². The van der Waals surface area contributed by atoms with Crippen molar-refractivity contribution in [3.05, 3.63) is 28.8 Å². The van der Waals surface area contributed by atoms with Crippen molar-refractivity contribution < 1.29 is 14.3 Å². The lowest BCUT2D eigenvalue weighted by Crippen LogP contribution is -2.42. The average Bonchev–Trinajstić information content (AvgIpc) is 3.19. The second-order valence-electron chi connectivity index (χ2n) is 6.29. The smallest absolute Gasteiger partial charge is 0.240 e. The van der Waals surface area contributed by atoms with Crippen LogP contribution in [0.25, 0.3) is 0 Å². The van der Waals surface area contributed by atoms with Crippen LogP contribution in [0, 0.1) is 12.3 Å². The maximum atomic E-state index is 12.6. The van der Waals surface area contributed by atoms with Gasteiger partial charge in [-0.15, -0.1) is 0 Å². The van der Waals surface area contributed by atoms with Crippen LogP contribution in [0.5, 0.6) is 0 Å². The highest BCUT2D eigenvalue weighted by Crippen LogP contribution is 2.47. The number of nitrogens with one attached hydrogen (secondary N) is 2. The minimum Gasteiger partial charge on any atom is -0.376 e. The Morgan fingerprint density at radius 1 is 1.35 bits per heavy atom. The SMILES string of the molecule is Cc1c(Cl)cccc1NC(=O)C1(C(=O)NCC2CCCO2)CC1. The van der Waals surface area contributed by atoms with Crippen LogP contribution in [0.2, 0.25) is 5.02 Å². The molecule has 1 aliphatic carbocycles. The van der Waals surface area contributed by atoms with E-state index in [4.69, 9.17) is 16.3 Å². The lowest BCUT2D eigenvalue weighted by Gasteiger charge is -2.18. The van der Waals surface area contributed by atoms with Gasteiger partial charge in [0.1, 0.15) is 5.41 Å². The van der Waals surface area contributed by atoms with Gasteiger partial charge in [-0.05, 0) is 50.3 Å². The van der Waals surface area contributed by atoms with E-state index in [9.17, 15) is 9.59 Å². The number of carbonyl (C=O) groups excluding carboxylic acids is 2. The highest BCUT2D eigenvalue weighted by molar-refractivity contribution is 6.31. The molecule has 1 aromatic rings. The third-order valence-corrected chi connectivity index (χ3v) is 5.06. The first-order chi connectivity index (χ1) is 11.0. The summed E-state index contributed by atoms with van der Waals surface area (Å²) >= 11 is 6.07. The average molecular weight is 337 g/mol. The first kappa shape index (κ1) is 16.3. The number of hydrogen-bond donors (Lipinski definition) is 2. The van der Waals surface area contributed by atoms with Crippen molar-refractivity contribution >= 4 is 29.1 Å². The summed E-state index contributed by atoms with van der Waals surface area (Å²) < 4.78 is 5.49. The topological polar surface area (TPSA) is 67.4 Å². The summed E-state index contributed by atoms with van der Waals surface area (Å²) in [6.45, 7) is 3.07. The molecule has 2 aliphatic rings. The molecule has 1 heterocycles. The van der Waals surface area contributed by atoms with Gasteiger partial charge in [0.2, 0.25) is 11.8 Å². The van der Waals surface area contributed by atoms with Crippen molar-refractivity contribution in [2.75, 3.05) is 18.5 Å². The van der Waals surface area contributed by atoms with E-state index >= 15 is 0 Å². The number of benzene rings is 1. The van der Waals surface area contributed by atoms with Gasteiger partial charge < -0.3 is 15.4 Å². The van der Waals surface area contributed by atoms with Gasteiger partial charge in [0.25, 0.3) is 0 Å². The Morgan fingerprint density at radius 2 is 2.13 bits per heavy atom. The summed E-state index contributed by atoms with van der Waals surface area (Å²) in [5.41, 5.74) is 0.520. The minimum atomic E-state index is -0.937. The van der Waals surface area contributed by atoms with Crippen molar-refractivity contribution in [1.29, 1.82) is 0 Å². The van der Waals surface area contributed by atoms with Crippen LogP contribution in [-0.4, -0.2) is 31.1 Å². The monoisotopic (exact) mass is 336 g/mol.